The first-order chi connectivity index (χ1) is 13.2. The number of nitrogens with zero attached hydrogens (tertiary/aromatic N) is 2. The van der Waals surface area contributed by atoms with Crippen LogP contribution in [0.25, 0.3) is 16.5 Å². The van der Waals surface area contributed by atoms with Gasteiger partial charge in [0.25, 0.3) is 0 Å². The lowest BCUT2D eigenvalue weighted by atomic mass is 9.81. The van der Waals surface area contributed by atoms with Crippen molar-refractivity contribution in [1.82, 2.24) is 9.47 Å². The zero-order chi connectivity index (χ0) is 18.4. The van der Waals surface area contributed by atoms with E-state index in [1.165, 1.54) is 59.2 Å². The maximum Gasteiger partial charge on any atom is 0.121 e. The van der Waals surface area contributed by atoms with Crippen LogP contribution in [0, 0.1) is 12.8 Å². The van der Waals surface area contributed by atoms with Crippen LogP contribution in [0.5, 0.6) is 5.75 Å². The minimum absolute atomic E-state index is 0.602. The van der Waals surface area contributed by atoms with Crippen LogP contribution in [-0.2, 0) is 13.7 Å². The van der Waals surface area contributed by atoms with Gasteiger partial charge in [-0.1, -0.05) is 30.3 Å². The van der Waals surface area contributed by atoms with Crippen molar-refractivity contribution in [3.8, 4) is 5.75 Å². The Bertz CT molecular complexity index is 1010. The predicted molar refractivity (Wildman–Crippen MR) is 111 cm³/mol. The highest BCUT2D eigenvalue weighted by molar-refractivity contribution is 5.96. The van der Waals surface area contributed by atoms with Gasteiger partial charge < -0.3 is 14.2 Å². The van der Waals surface area contributed by atoms with Crippen LogP contribution in [-0.4, -0.2) is 22.6 Å². The van der Waals surface area contributed by atoms with Crippen molar-refractivity contribution in [2.75, 3.05) is 13.1 Å². The molecule has 2 bridgehead atoms. The molecule has 3 aliphatic heterocycles. The Labute approximate surface area is 160 Å². The summed E-state index contributed by atoms with van der Waals surface area (Å²) >= 11 is 0. The van der Waals surface area contributed by atoms with Crippen LogP contribution in [0.2, 0.25) is 0 Å². The number of allylic oxidation sites excluding steroid dienone is 1. The SMILES string of the molecule is Cc1c(C2=CN3CCC2CC3)c2ccc(OCc3ccccc3)cc2n1C. The minimum atomic E-state index is 0.602. The number of benzene rings is 2. The van der Waals surface area contributed by atoms with E-state index in [-0.39, 0.29) is 0 Å². The molecule has 1 aromatic heterocycles. The van der Waals surface area contributed by atoms with Crippen molar-refractivity contribution >= 4 is 16.5 Å². The molecule has 3 aromatic rings. The van der Waals surface area contributed by atoms with Gasteiger partial charge in [0.1, 0.15) is 12.4 Å². The number of aryl methyl sites for hydroxylation is 1. The molecule has 0 amide bonds. The summed E-state index contributed by atoms with van der Waals surface area (Å²) in [7, 11) is 2.17. The fourth-order valence-electron chi connectivity index (χ4n) is 4.65. The maximum absolute atomic E-state index is 6.06. The molecule has 1 saturated heterocycles. The summed E-state index contributed by atoms with van der Waals surface area (Å²) in [6, 6.07) is 16.9. The zero-order valence-electron chi connectivity index (χ0n) is 16.1. The normalized spacial score (nSPS) is 16.8. The van der Waals surface area contributed by atoms with Gasteiger partial charge in [-0.2, -0.15) is 0 Å². The number of hydrogen-bond acceptors (Lipinski definition) is 2. The topological polar surface area (TPSA) is 17.4 Å². The maximum atomic E-state index is 6.06. The second kappa shape index (κ2) is 6.49. The summed E-state index contributed by atoms with van der Waals surface area (Å²) in [6.45, 7) is 5.29. The molecule has 0 N–H and O–H groups in total. The quantitative estimate of drug-likeness (QED) is 0.643. The molecule has 27 heavy (non-hydrogen) atoms. The van der Waals surface area contributed by atoms with Gasteiger partial charge in [-0.25, -0.2) is 0 Å². The third-order valence-electron chi connectivity index (χ3n) is 6.29. The molecule has 3 nitrogen and oxygen atoms in total. The molecule has 0 aliphatic carbocycles. The average molecular weight is 358 g/mol. The van der Waals surface area contributed by atoms with Crippen LogP contribution < -0.4 is 4.74 Å². The second-order valence-corrected chi connectivity index (χ2v) is 7.87. The Balaban J connectivity index is 1.50. The number of aromatic nitrogens is 1. The highest BCUT2D eigenvalue weighted by Crippen LogP contribution is 2.42. The molecule has 3 aliphatic rings. The van der Waals surface area contributed by atoms with E-state index in [0.717, 1.165) is 5.75 Å². The van der Waals surface area contributed by atoms with E-state index in [1.54, 1.807) is 0 Å². The lowest BCUT2D eigenvalue weighted by molar-refractivity contribution is 0.252. The van der Waals surface area contributed by atoms with Gasteiger partial charge >= 0.3 is 0 Å². The molecule has 0 saturated carbocycles. The molecule has 138 valence electrons. The summed E-state index contributed by atoms with van der Waals surface area (Å²) in [5.41, 5.74) is 6.78. The Morgan fingerprint density at radius 3 is 2.52 bits per heavy atom. The Hall–Kier alpha value is -2.68. The molecule has 3 heteroatoms. The predicted octanol–water partition coefficient (Wildman–Crippen LogP) is 5.13. The van der Waals surface area contributed by atoms with Crippen molar-refractivity contribution in [3.63, 3.8) is 0 Å². The van der Waals surface area contributed by atoms with Gasteiger partial charge in [-0.05, 0) is 49.0 Å². The third-order valence-corrected chi connectivity index (χ3v) is 6.29. The van der Waals surface area contributed by atoms with Crippen LogP contribution in [0.1, 0.15) is 29.7 Å². The van der Waals surface area contributed by atoms with Gasteiger partial charge in [0.2, 0.25) is 0 Å². The van der Waals surface area contributed by atoms with Crippen LogP contribution in [0.3, 0.4) is 0 Å². The molecule has 2 aromatic carbocycles. The standard InChI is InChI=1S/C24H26N2O/c1-17-24(22-15-26-12-10-19(22)11-13-26)21-9-8-20(14-23(21)25(17)2)27-16-18-6-4-3-5-7-18/h3-9,14-15,19H,10-13,16H2,1-2H3. The fraction of sp³-hybridized carbons (Fsp3) is 0.333. The van der Waals surface area contributed by atoms with E-state index in [1.807, 2.05) is 6.07 Å². The molecule has 0 atom stereocenters. The largest absolute Gasteiger partial charge is 0.489 e. The summed E-state index contributed by atoms with van der Waals surface area (Å²) in [5.74, 6) is 1.65. The smallest absolute Gasteiger partial charge is 0.121 e. The lowest BCUT2D eigenvalue weighted by Gasteiger charge is -2.39. The number of hydrogen-bond donors (Lipinski definition) is 0. The van der Waals surface area contributed by atoms with E-state index >= 15 is 0 Å². The van der Waals surface area contributed by atoms with Crippen molar-refractivity contribution in [2.45, 2.75) is 26.4 Å². The van der Waals surface area contributed by atoms with Crippen LogP contribution in [0.15, 0.2) is 54.7 Å². The van der Waals surface area contributed by atoms with E-state index < -0.39 is 0 Å². The summed E-state index contributed by atoms with van der Waals surface area (Å²) in [5, 5.41) is 1.35. The van der Waals surface area contributed by atoms with E-state index in [0.29, 0.717) is 12.5 Å². The number of rotatable bonds is 4. The number of ether oxygens (including phenoxy) is 1. The third kappa shape index (κ3) is 2.82. The highest BCUT2D eigenvalue weighted by atomic mass is 16.5. The second-order valence-electron chi connectivity index (χ2n) is 7.87. The minimum Gasteiger partial charge on any atom is -0.489 e. The number of piperidine rings is 1. The Morgan fingerprint density at radius 1 is 1.04 bits per heavy atom. The first-order valence-corrected chi connectivity index (χ1v) is 9.92. The highest BCUT2D eigenvalue weighted by Gasteiger charge is 2.30. The van der Waals surface area contributed by atoms with Crippen LogP contribution in [0.4, 0.5) is 0 Å². The Morgan fingerprint density at radius 2 is 1.81 bits per heavy atom. The van der Waals surface area contributed by atoms with Crippen LogP contribution >= 0.6 is 0 Å². The van der Waals surface area contributed by atoms with E-state index in [2.05, 4.69) is 72.1 Å². The molecule has 4 heterocycles. The van der Waals surface area contributed by atoms with E-state index in [4.69, 9.17) is 4.74 Å². The molecular formula is C24H26N2O. The van der Waals surface area contributed by atoms with Crippen molar-refractivity contribution < 1.29 is 4.74 Å². The van der Waals surface area contributed by atoms with Crippen molar-refractivity contribution in [2.24, 2.45) is 13.0 Å². The van der Waals surface area contributed by atoms with Crippen molar-refractivity contribution in [1.29, 1.82) is 0 Å². The van der Waals surface area contributed by atoms with Gasteiger partial charge in [-0.15, -0.1) is 0 Å². The Kier molecular flexibility index (Phi) is 3.96. The van der Waals surface area contributed by atoms with Crippen molar-refractivity contribution in [3.05, 3.63) is 71.6 Å². The van der Waals surface area contributed by atoms with Gasteiger partial charge in [0, 0.05) is 49.0 Å². The molecule has 0 unspecified atom stereocenters. The summed E-state index contributed by atoms with van der Waals surface area (Å²) in [4.78, 5) is 2.49. The molecule has 0 spiro atoms. The monoisotopic (exact) mass is 358 g/mol. The van der Waals surface area contributed by atoms with Gasteiger partial charge in [-0.3, -0.25) is 0 Å². The number of fused-ring (bicyclic) bond motifs is 3. The zero-order valence-corrected chi connectivity index (χ0v) is 16.1. The molecule has 1 fully saturated rings. The van der Waals surface area contributed by atoms with Gasteiger partial charge in [0.15, 0.2) is 0 Å². The molecule has 6 rings (SSSR count). The first-order valence-electron chi connectivity index (χ1n) is 9.92. The molecule has 0 radical (unpaired) electrons. The van der Waals surface area contributed by atoms with Gasteiger partial charge in [0.05, 0.1) is 5.52 Å². The summed E-state index contributed by atoms with van der Waals surface area (Å²) in [6.07, 6.45) is 5.00. The summed E-state index contributed by atoms with van der Waals surface area (Å²) < 4.78 is 8.38. The lowest BCUT2D eigenvalue weighted by Crippen LogP contribution is -2.35. The molecular weight excluding hydrogens is 332 g/mol. The first kappa shape index (κ1) is 16.5. The average Bonchev–Trinajstić information content (AvgIpc) is 2.98. The van der Waals surface area contributed by atoms with E-state index in [9.17, 15) is 0 Å². The fourth-order valence-corrected chi connectivity index (χ4v) is 4.65.